The van der Waals surface area contributed by atoms with Gasteiger partial charge in [-0.3, -0.25) is 0 Å². The number of hydrogen-bond donors (Lipinski definition) is 2. The van der Waals surface area contributed by atoms with E-state index in [0.717, 1.165) is 44.5 Å². The van der Waals surface area contributed by atoms with Crippen molar-refractivity contribution >= 4 is 0 Å². The molecule has 0 radical (unpaired) electrons. The van der Waals surface area contributed by atoms with E-state index >= 15 is 0 Å². The van der Waals surface area contributed by atoms with Crippen molar-refractivity contribution < 1.29 is 10.2 Å². The van der Waals surface area contributed by atoms with Gasteiger partial charge in [0.2, 0.25) is 0 Å². The molecule has 4 aromatic rings. The monoisotopic (exact) mass is 390 g/mol. The molecule has 2 nitrogen and oxygen atoms in total. The van der Waals surface area contributed by atoms with E-state index in [2.05, 4.69) is 24.3 Å². The van der Waals surface area contributed by atoms with Crippen LogP contribution in [0.1, 0.15) is 29.2 Å². The maximum atomic E-state index is 12.4. The molecule has 2 aliphatic rings. The Morgan fingerprint density at radius 1 is 0.467 bits per heavy atom. The molecule has 0 fully saturated rings. The van der Waals surface area contributed by atoms with Crippen LogP contribution in [0.3, 0.4) is 0 Å². The normalized spacial score (nSPS) is 16.7. The summed E-state index contributed by atoms with van der Waals surface area (Å²) in [4.78, 5) is 0. The third kappa shape index (κ3) is 1.95. The minimum atomic E-state index is -1.31. The van der Waals surface area contributed by atoms with Gasteiger partial charge in [-0.15, -0.1) is 0 Å². The van der Waals surface area contributed by atoms with E-state index < -0.39 is 17.1 Å². The molecule has 0 saturated heterocycles. The van der Waals surface area contributed by atoms with Crippen molar-refractivity contribution in [2.24, 2.45) is 5.92 Å². The van der Waals surface area contributed by atoms with Crippen LogP contribution in [0.5, 0.6) is 0 Å². The fraction of sp³-hybridized carbons (Fsp3) is 0.143. The Balaban J connectivity index is 1.65. The Kier molecular flexibility index (Phi) is 3.48. The van der Waals surface area contributed by atoms with Gasteiger partial charge in [0.25, 0.3) is 0 Å². The highest BCUT2D eigenvalue weighted by atomic mass is 16.3. The van der Waals surface area contributed by atoms with Crippen molar-refractivity contribution in [1.82, 2.24) is 0 Å². The Morgan fingerprint density at radius 2 is 0.700 bits per heavy atom. The van der Waals surface area contributed by atoms with Gasteiger partial charge in [0.15, 0.2) is 0 Å². The van der Waals surface area contributed by atoms with E-state index in [1.54, 1.807) is 0 Å². The second-order valence-corrected chi connectivity index (χ2v) is 8.44. The zero-order valence-corrected chi connectivity index (χ0v) is 16.7. The predicted molar refractivity (Wildman–Crippen MR) is 119 cm³/mol. The maximum Gasteiger partial charge on any atom is 0.122 e. The van der Waals surface area contributed by atoms with Gasteiger partial charge < -0.3 is 10.2 Å². The van der Waals surface area contributed by atoms with Gasteiger partial charge in [-0.2, -0.15) is 0 Å². The minimum absolute atomic E-state index is 0.514. The van der Waals surface area contributed by atoms with Crippen LogP contribution in [0.4, 0.5) is 0 Å². The molecule has 2 aliphatic carbocycles. The highest BCUT2D eigenvalue weighted by Gasteiger charge is 2.57. The van der Waals surface area contributed by atoms with Gasteiger partial charge in [-0.05, 0) is 44.5 Å². The molecule has 0 aliphatic heterocycles. The highest BCUT2D eigenvalue weighted by molar-refractivity contribution is 5.83. The van der Waals surface area contributed by atoms with Crippen LogP contribution in [-0.4, -0.2) is 10.2 Å². The zero-order valence-electron chi connectivity index (χ0n) is 16.7. The molecule has 6 rings (SSSR count). The summed E-state index contributed by atoms with van der Waals surface area (Å²) < 4.78 is 0. The van der Waals surface area contributed by atoms with Crippen LogP contribution in [0.15, 0.2) is 97.1 Å². The highest BCUT2D eigenvalue weighted by Crippen LogP contribution is 2.60. The molecule has 0 saturated carbocycles. The van der Waals surface area contributed by atoms with Gasteiger partial charge in [-0.1, -0.05) is 104 Å². The van der Waals surface area contributed by atoms with Crippen LogP contribution in [0.25, 0.3) is 22.3 Å². The summed E-state index contributed by atoms with van der Waals surface area (Å²) in [5.41, 5.74) is 4.93. The third-order valence-corrected chi connectivity index (χ3v) is 7.18. The van der Waals surface area contributed by atoms with E-state index in [0.29, 0.717) is 0 Å². The van der Waals surface area contributed by atoms with E-state index in [1.807, 2.05) is 79.7 Å². The maximum absolute atomic E-state index is 12.4. The smallest absolute Gasteiger partial charge is 0.122 e. The SMILES string of the molecule is CC(C1(O)c2ccccc2-c2ccccc21)C1(O)c2ccccc2-c2ccccc21. The van der Waals surface area contributed by atoms with E-state index in [1.165, 1.54) is 0 Å². The molecule has 0 amide bonds. The van der Waals surface area contributed by atoms with Crippen molar-refractivity contribution in [3.63, 3.8) is 0 Å². The second kappa shape index (κ2) is 5.91. The number of hydrogen-bond acceptors (Lipinski definition) is 2. The summed E-state index contributed by atoms with van der Waals surface area (Å²) in [6, 6.07) is 32.0. The van der Waals surface area contributed by atoms with Crippen molar-refractivity contribution in [2.75, 3.05) is 0 Å². The first kappa shape index (κ1) is 17.6. The molecule has 2 heteroatoms. The Bertz CT molecular complexity index is 1110. The van der Waals surface area contributed by atoms with Crippen LogP contribution >= 0.6 is 0 Å². The largest absolute Gasteiger partial charge is 0.380 e. The molecule has 0 unspecified atom stereocenters. The molecule has 0 atom stereocenters. The number of fused-ring (bicyclic) bond motifs is 6. The second-order valence-electron chi connectivity index (χ2n) is 8.44. The topological polar surface area (TPSA) is 40.5 Å². The first-order valence-corrected chi connectivity index (χ1v) is 10.4. The number of aliphatic hydroxyl groups is 2. The molecule has 0 heterocycles. The number of benzene rings is 4. The molecule has 30 heavy (non-hydrogen) atoms. The summed E-state index contributed by atoms with van der Waals surface area (Å²) in [7, 11) is 0. The molecule has 146 valence electrons. The van der Waals surface area contributed by atoms with Gasteiger partial charge in [0.05, 0.1) is 0 Å². The van der Waals surface area contributed by atoms with Crippen molar-refractivity contribution in [2.45, 2.75) is 18.1 Å². The van der Waals surface area contributed by atoms with Crippen molar-refractivity contribution in [3.8, 4) is 22.3 Å². The van der Waals surface area contributed by atoms with Crippen molar-refractivity contribution in [3.05, 3.63) is 119 Å². The number of rotatable bonds is 2. The molecule has 0 aromatic heterocycles. The lowest BCUT2D eigenvalue weighted by Crippen LogP contribution is -2.46. The van der Waals surface area contributed by atoms with Gasteiger partial charge in [-0.25, -0.2) is 0 Å². The lowest BCUT2D eigenvalue weighted by atomic mass is 9.68. The van der Waals surface area contributed by atoms with E-state index in [4.69, 9.17) is 0 Å². The molecule has 0 spiro atoms. The van der Waals surface area contributed by atoms with Crippen LogP contribution < -0.4 is 0 Å². The molecule has 4 aromatic carbocycles. The summed E-state index contributed by atoms with van der Waals surface area (Å²) in [6.07, 6.45) is 0. The summed E-state index contributed by atoms with van der Waals surface area (Å²) >= 11 is 0. The van der Waals surface area contributed by atoms with E-state index in [-0.39, 0.29) is 0 Å². The van der Waals surface area contributed by atoms with Crippen LogP contribution in [-0.2, 0) is 11.2 Å². The lowest BCUT2D eigenvalue weighted by Gasteiger charge is -2.42. The Labute approximate surface area is 176 Å². The Hall–Kier alpha value is -3.20. The van der Waals surface area contributed by atoms with Crippen LogP contribution in [0, 0.1) is 5.92 Å². The molecule has 0 bridgehead atoms. The quantitative estimate of drug-likeness (QED) is 0.477. The third-order valence-electron chi connectivity index (χ3n) is 7.18. The van der Waals surface area contributed by atoms with Crippen LogP contribution in [0.2, 0.25) is 0 Å². The van der Waals surface area contributed by atoms with Gasteiger partial charge in [0, 0.05) is 5.92 Å². The van der Waals surface area contributed by atoms with Crippen molar-refractivity contribution in [1.29, 1.82) is 0 Å². The molecule has 2 N–H and O–H groups in total. The standard InChI is InChI=1S/C28H22O2/c1-18(27(29)23-14-6-2-10-19(23)20-11-3-7-15-24(20)27)28(30)25-16-8-4-12-21(25)22-13-5-9-17-26(22)28/h2-18,29-30H,1H3. The van der Waals surface area contributed by atoms with Gasteiger partial charge in [0.1, 0.15) is 11.2 Å². The average Bonchev–Trinajstić information content (AvgIpc) is 3.23. The average molecular weight is 390 g/mol. The summed E-state index contributed by atoms with van der Waals surface area (Å²) in [5, 5.41) is 24.8. The minimum Gasteiger partial charge on any atom is -0.380 e. The molecular formula is C28H22O2. The van der Waals surface area contributed by atoms with Gasteiger partial charge >= 0.3 is 0 Å². The lowest BCUT2D eigenvalue weighted by molar-refractivity contribution is -0.0814. The summed E-state index contributed by atoms with van der Waals surface area (Å²) in [6.45, 7) is 1.97. The molecular weight excluding hydrogens is 368 g/mol. The predicted octanol–water partition coefficient (Wildman–Crippen LogP) is 5.46. The Morgan fingerprint density at radius 3 is 0.967 bits per heavy atom. The summed E-state index contributed by atoms with van der Waals surface area (Å²) in [5.74, 6) is -0.514. The zero-order chi connectivity index (χ0) is 20.5. The first-order valence-electron chi connectivity index (χ1n) is 10.4. The van der Waals surface area contributed by atoms with E-state index in [9.17, 15) is 10.2 Å². The fourth-order valence-electron chi connectivity index (χ4n) is 5.73. The first-order chi connectivity index (χ1) is 14.6. The fourth-order valence-corrected chi connectivity index (χ4v) is 5.73.